The highest BCUT2D eigenvalue weighted by Crippen LogP contribution is 2.36. The van der Waals surface area contributed by atoms with E-state index in [1.54, 1.807) is 6.07 Å². The van der Waals surface area contributed by atoms with E-state index in [0.29, 0.717) is 23.9 Å². The van der Waals surface area contributed by atoms with E-state index in [1.807, 2.05) is 25.1 Å². The molecule has 140 valence electrons. The lowest BCUT2D eigenvalue weighted by Crippen LogP contribution is -2.06. The Bertz CT molecular complexity index is 928. The fourth-order valence-electron chi connectivity index (χ4n) is 2.49. The predicted molar refractivity (Wildman–Crippen MR) is 110 cm³/mol. The van der Waals surface area contributed by atoms with Crippen LogP contribution in [-0.2, 0) is 6.42 Å². The van der Waals surface area contributed by atoms with E-state index >= 15 is 0 Å². The van der Waals surface area contributed by atoms with Gasteiger partial charge in [-0.25, -0.2) is 14.8 Å². The molecule has 3 rings (SSSR count). The number of nitrogens with one attached hydrogen (secondary N) is 1. The Kier molecular flexibility index (Phi) is 6.41. The third-order valence-electron chi connectivity index (χ3n) is 3.74. The number of nitrogens with zero attached hydrogens (tertiary/aromatic N) is 2. The first-order chi connectivity index (χ1) is 13.1. The zero-order chi connectivity index (χ0) is 19.2. The number of carboxylic acids is 1. The maximum absolute atomic E-state index is 11.4. The summed E-state index contributed by atoms with van der Waals surface area (Å²) in [7, 11) is 0. The fourth-order valence-corrected chi connectivity index (χ4v) is 3.66. The summed E-state index contributed by atoms with van der Waals surface area (Å²) in [5.74, 6) is 0.0605. The largest absolute Gasteiger partial charge is 0.492 e. The van der Waals surface area contributed by atoms with E-state index in [2.05, 4.69) is 43.3 Å². The van der Waals surface area contributed by atoms with Gasteiger partial charge in [-0.15, -0.1) is 11.3 Å². The standard InChI is InChI=1S/C19H18BrN3O3S/c1-2-26-15-10-16(27-18(15)19(24)25)14-9-17(23-11-22-14)21-8-7-12-3-5-13(20)6-4-12/h3-6,9-11H,2,7-8H2,1H3,(H,24,25)(H,21,22,23). The van der Waals surface area contributed by atoms with Crippen LogP contribution in [0.4, 0.5) is 5.82 Å². The van der Waals surface area contributed by atoms with E-state index in [9.17, 15) is 9.90 Å². The van der Waals surface area contributed by atoms with Crippen LogP contribution in [0.1, 0.15) is 22.2 Å². The molecular formula is C19H18BrN3O3S. The highest BCUT2D eigenvalue weighted by atomic mass is 79.9. The second-order valence-corrected chi connectivity index (χ2v) is 7.60. The second-order valence-electron chi connectivity index (χ2n) is 5.63. The number of carboxylic acid groups (broad SMARTS) is 1. The molecule has 0 fully saturated rings. The molecule has 2 heterocycles. The van der Waals surface area contributed by atoms with Gasteiger partial charge in [0.15, 0.2) is 4.88 Å². The smallest absolute Gasteiger partial charge is 0.349 e. The second kappa shape index (κ2) is 8.96. The van der Waals surface area contributed by atoms with E-state index in [-0.39, 0.29) is 4.88 Å². The first-order valence-electron chi connectivity index (χ1n) is 8.37. The normalized spacial score (nSPS) is 10.6. The number of carbonyl (C=O) groups is 1. The highest BCUT2D eigenvalue weighted by molar-refractivity contribution is 9.10. The minimum absolute atomic E-state index is 0.176. The van der Waals surface area contributed by atoms with Crippen LogP contribution in [0.25, 0.3) is 10.6 Å². The summed E-state index contributed by atoms with van der Waals surface area (Å²) >= 11 is 4.57. The molecule has 0 saturated heterocycles. The van der Waals surface area contributed by atoms with Crippen molar-refractivity contribution in [2.75, 3.05) is 18.5 Å². The number of anilines is 1. The molecule has 0 spiro atoms. The van der Waals surface area contributed by atoms with Crippen LogP contribution in [0, 0.1) is 0 Å². The van der Waals surface area contributed by atoms with Crippen LogP contribution in [0.5, 0.6) is 5.75 Å². The minimum atomic E-state index is -1.00. The number of aromatic nitrogens is 2. The maximum Gasteiger partial charge on any atom is 0.349 e. The zero-order valence-corrected chi connectivity index (χ0v) is 17.0. The van der Waals surface area contributed by atoms with Crippen molar-refractivity contribution in [1.82, 2.24) is 9.97 Å². The van der Waals surface area contributed by atoms with Gasteiger partial charge in [0.1, 0.15) is 17.9 Å². The van der Waals surface area contributed by atoms with Crippen LogP contribution >= 0.6 is 27.3 Å². The van der Waals surface area contributed by atoms with E-state index < -0.39 is 5.97 Å². The summed E-state index contributed by atoms with van der Waals surface area (Å²) < 4.78 is 6.48. The first kappa shape index (κ1) is 19.3. The average Bonchev–Trinajstić information content (AvgIpc) is 3.08. The van der Waals surface area contributed by atoms with Gasteiger partial charge in [-0.3, -0.25) is 0 Å². The van der Waals surface area contributed by atoms with Crippen molar-refractivity contribution in [2.24, 2.45) is 0 Å². The number of thiophene rings is 1. The lowest BCUT2D eigenvalue weighted by molar-refractivity contribution is 0.0698. The van der Waals surface area contributed by atoms with Gasteiger partial charge < -0.3 is 15.2 Å². The predicted octanol–water partition coefficient (Wildman–Crippen LogP) is 4.72. The number of ether oxygens (including phenoxy) is 1. The lowest BCUT2D eigenvalue weighted by Gasteiger charge is -2.06. The Hall–Kier alpha value is -2.45. The molecule has 0 saturated carbocycles. The summed E-state index contributed by atoms with van der Waals surface area (Å²) in [6.07, 6.45) is 2.33. The average molecular weight is 448 g/mol. The number of halogens is 1. The van der Waals surface area contributed by atoms with Crippen LogP contribution in [0.3, 0.4) is 0 Å². The quantitative estimate of drug-likeness (QED) is 0.519. The molecule has 0 radical (unpaired) electrons. The number of hydrogen-bond acceptors (Lipinski definition) is 6. The van der Waals surface area contributed by atoms with E-state index in [0.717, 1.165) is 33.7 Å². The van der Waals surface area contributed by atoms with E-state index in [1.165, 1.54) is 11.9 Å². The molecule has 8 heteroatoms. The summed E-state index contributed by atoms with van der Waals surface area (Å²) in [6, 6.07) is 11.7. The summed E-state index contributed by atoms with van der Waals surface area (Å²) in [6.45, 7) is 2.96. The van der Waals surface area contributed by atoms with Crippen LogP contribution in [0.2, 0.25) is 0 Å². The number of hydrogen-bond donors (Lipinski definition) is 2. The maximum atomic E-state index is 11.4. The SMILES string of the molecule is CCOc1cc(-c2cc(NCCc3ccc(Br)cc3)ncn2)sc1C(=O)O. The Morgan fingerprint density at radius 1 is 1.26 bits per heavy atom. The van der Waals surface area contributed by atoms with Crippen LogP contribution in [0.15, 0.2) is 47.2 Å². The topological polar surface area (TPSA) is 84.3 Å². The number of aromatic carboxylic acids is 1. The third kappa shape index (κ3) is 5.05. The van der Waals surface area contributed by atoms with Gasteiger partial charge in [-0.1, -0.05) is 28.1 Å². The Morgan fingerprint density at radius 2 is 2.04 bits per heavy atom. The third-order valence-corrected chi connectivity index (χ3v) is 5.40. The zero-order valence-electron chi connectivity index (χ0n) is 14.6. The highest BCUT2D eigenvalue weighted by Gasteiger charge is 2.18. The minimum Gasteiger partial charge on any atom is -0.492 e. The Morgan fingerprint density at radius 3 is 2.74 bits per heavy atom. The van der Waals surface area contributed by atoms with Gasteiger partial charge in [0.2, 0.25) is 0 Å². The molecule has 2 aromatic heterocycles. The first-order valence-corrected chi connectivity index (χ1v) is 9.98. The molecular weight excluding hydrogens is 430 g/mol. The van der Waals surface area contributed by atoms with E-state index in [4.69, 9.17) is 4.74 Å². The summed E-state index contributed by atoms with van der Waals surface area (Å²) in [5, 5.41) is 12.6. The number of benzene rings is 1. The van der Waals surface area contributed by atoms with Crippen molar-refractivity contribution in [3.8, 4) is 16.3 Å². The molecule has 3 aromatic rings. The molecule has 0 aliphatic rings. The van der Waals surface area contributed by atoms with Gasteiger partial charge in [-0.2, -0.15) is 0 Å². The fraction of sp³-hybridized carbons (Fsp3) is 0.211. The Labute approximate surface area is 169 Å². The molecule has 0 amide bonds. The van der Waals surface area contributed by atoms with Crippen molar-refractivity contribution in [3.63, 3.8) is 0 Å². The van der Waals surface area contributed by atoms with Gasteiger partial charge in [0, 0.05) is 23.2 Å². The molecule has 2 N–H and O–H groups in total. The molecule has 27 heavy (non-hydrogen) atoms. The van der Waals surface area contributed by atoms with Crippen molar-refractivity contribution in [1.29, 1.82) is 0 Å². The summed E-state index contributed by atoms with van der Waals surface area (Å²) in [4.78, 5) is 20.8. The van der Waals surface area contributed by atoms with Gasteiger partial charge >= 0.3 is 5.97 Å². The van der Waals surface area contributed by atoms with Gasteiger partial charge in [-0.05, 0) is 31.0 Å². The monoisotopic (exact) mass is 447 g/mol. The Balaban J connectivity index is 1.70. The lowest BCUT2D eigenvalue weighted by atomic mass is 10.1. The van der Waals surface area contributed by atoms with Crippen LogP contribution in [-0.4, -0.2) is 34.2 Å². The van der Waals surface area contributed by atoms with Crippen molar-refractivity contribution in [2.45, 2.75) is 13.3 Å². The van der Waals surface area contributed by atoms with Crippen molar-refractivity contribution in [3.05, 3.63) is 57.6 Å². The molecule has 6 nitrogen and oxygen atoms in total. The molecule has 0 aliphatic heterocycles. The molecule has 0 aliphatic carbocycles. The molecule has 0 atom stereocenters. The summed E-state index contributed by atoms with van der Waals surface area (Å²) in [5.41, 5.74) is 1.89. The van der Waals surface area contributed by atoms with Crippen molar-refractivity contribution < 1.29 is 14.6 Å². The number of rotatable bonds is 8. The van der Waals surface area contributed by atoms with Crippen molar-refractivity contribution >= 4 is 39.1 Å². The molecule has 0 unspecified atom stereocenters. The van der Waals surface area contributed by atoms with Crippen LogP contribution < -0.4 is 10.1 Å². The molecule has 0 bridgehead atoms. The van der Waals surface area contributed by atoms with Gasteiger partial charge in [0.25, 0.3) is 0 Å². The van der Waals surface area contributed by atoms with Gasteiger partial charge in [0.05, 0.1) is 17.2 Å². The molecule has 1 aromatic carbocycles.